The Labute approximate surface area is 222 Å². The van der Waals surface area contributed by atoms with Gasteiger partial charge in [0.2, 0.25) is 0 Å². The van der Waals surface area contributed by atoms with Crippen molar-refractivity contribution in [3.8, 4) is 0 Å². The van der Waals surface area contributed by atoms with Gasteiger partial charge in [0.05, 0.1) is 18.6 Å². The van der Waals surface area contributed by atoms with Gasteiger partial charge < -0.3 is 9.88 Å². The average molecular weight is 526 g/mol. The lowest BCUT2D eigenvalue weighted by Gasteiger charge is -2.41. The van der Waals surface area contributed by atoms with E-state index >= 15 is 0 Å². The maximum atomic E-state index is 14.2. The molecular weight excluding hydrogens is 482 g/mol. The highest BCUT2D eigenvalue weighted by Gasteiger charge is 2.43. The minimum absolute atomic E-state index is 0.133. The minimum atomic E-state index is -3.53. The van der Waals surface area contributed by atoms with E-state index in [4.69, 9.17) is 0 Å². The second kappa shape index (κ2) is 10.7. The van der Waals surface area contributed by atoms with E-state index in [0.717, 1.165) is 42.1 Å². The van der Waals surface area contributed by atoms with Crippen LogP contribution in [0.2, 0.25) is 0 Å². The van der Waals surface area contributed by atoms with E-state index in [1.807, 2.05) is 16.6 Å². The molecule has 6 rings (SSSR count). The zero-order valence-electron chi connectivity index (χ0n) is 22.2. The number of piperidine rings is 1. The lowest BCUT2D eigenvalue weighted by Crippen LogP contribution is -2.51. The van der Waals surface area contributed by atoms with Crippen molar-refractivity contribution in [1.29, 1.82) is 0 Å². The summed E-state index contributed by atoms with van der Waals surface area (Å²) in [5.41, 5.74) is 3.73. The maximum Gasteiger partial charge on any atom is 0.282 e. The topological polar surface area (TPSA) is 72.5 Å². The van der Waals surface area contributed by atoms with Crippen LogP contribution < -0.4 is 4.90 Å². The molecule has 2 aromatic rings. The van der Waals surface area contributed by atoms with Crippen LogP contribution in [0.5, 0.6) is 0 Å². The second-order valence-corrected chi connectivity index (χ2v) is 14.1. The SMILES string of the molecule is O=S(=O)(N1CCC2(CCCC2)CC1)N1Cc2ccccc2N(Cc2cnc[nH]2)[C@H](CCC2CCCC2)C1. The van der Waals surface area contributed by atoms with Crippen LogP contribution >= 0.6 is 0 Å². The molecule has 1 N–H and O–H groups in total. The smallest absolute Gasteiger partial charge is 0.282 e. The highest BCUT2D eigenvalue weighted by atomic mass is 32.2. The minimum Gasteiger partial charge on any atom is -0.361 e. The second-order valence-electron chi connectivity index (χ2n) is 12.1. The summed E-state index contributed by atoms with van der Waals surface area (Å²) in [5.74, 6) is 0.780. The summed E-state index contributed by atoms with van der Waals surface area (Å²) in [6, 6.07) is 8.55. The number of hydrogen-bond acceptors (Lipinski definition) is 4. The van der Waals surface area contributed by atoms with Crippen molar-refractivity contribution in [1.82, 2.24) is 18.6 Å². The summed E-state index contributed by atoms with van der Waals surface area (Å²) in [7, 11) is -3.53. The number of aromatic amines is 1. The molecule has 1 atom stereocenters. The molecule has 0 unspecified atom stereocenters. The third-order valence-corrected chi connectivity index (χ3v) is 11.8. The number of aromatic nitrogens is 2. The average Bonchev–Trinajstić information content (AvgIpc) is 3.68. The van der Waals surface area contributed by atoms with Gasteiger partial charge in [0.25, 0.3) is 10.2 Å². The van der Waals surface area contributed by atoms with Gasteiger partial charge in [0, 0.05) is 44.1 Å². The normalized spacial score (nSPS) is 25.5. The Kier molecular flexibility index (Phi) is 7.34. The number of hydrogen-bond donors (Lipinski definition) is 1. The summed E-state index contributed by atoms with van der Waals surface area (Å²) in [5, 5.41) is 0. The number of H-pyrrole nitrogens is 1. The van der Waals surface area contributed by atoms with Gasteiger partial charge in [-0.3, -0.25) is 0 Å². The first-order chi connectivity index (χ1) is 18.0. The van der Waals surface area contributed by atoms with Crippen LogP contribution in [0.3, 0.4) is 0 Å². The highest BCUT2D eigenvalue weighted by molar-refractivity contribution is 7.86. The molecular formula is C29H43N5O2S. The number of anilines is 1. The van der Waals surface area contributed by atoms with Crippen LogP contribution in [0.4, 0.5) is 5.69 Å². The third-order valence-electron chi connectivity index (χ3n) is 9.88. The first kappa shape index (κ1) is 25.4. The molecule has 1 saturated heterocycles. The summed E-state index contributed by atoms with van der Waals surface area (Å²) < 4.78 is 31.9. The van der Waals surface area contributed by atoms with Gasteiger partial charge in [-0.15, -0.1) is 0 Å². The quantitative estimate of drug-likeness (QED) is 0.520. The van der Waals surface area contributed by atoms with Crippen molar-refractivity contribution in [3.05, 3.63) is 48.0 Å². The van der Waals surface area contributed by atoms with Crippen molar-refractivity contribution >= 4 is 15.9 Å². The Morgan fingerprint density at radius 2 is 1.70 bits per heavy atom. The zero-order chi connectivity index (χ0) is 25.3. The maximum absolute atomic E-state index is 14.2. The molecule has 8 heteroatoms. The fourth-order valence-corrected chi connectivity index (χ4v) is 9.24. The molecule has 0 radical (unpaired) electrons. The van der Waals surface area contributed by atoms with Crippen molar-refractivity contribution in [3.63, 3.8) is 0 Å². The molecule has 2 aliphatic carbocycles. The Morgan fingerprint density at radius 1 is 0.946 bits per heavy atom. The molecule has 3 heterocycles. The van der Waals surface area contributed by atoms with Gasteiger partial charge >= 0.3 is 0 Å². The summed E-state index contributed by atoms with van der Waals surface area (Å²) in [6.45, 7) is 3.04. The van der Waals surface area contributed by atoms with Crippen LogP contribution in [0.1, 0.15) is 88.3 Å². The molecule has 4 aliphatic rings. The molecule has 3 fully saturated rings. The highest BCUT2D eigenvalue weighted by Crippen LogP contribution is 2.47. The van der Waals surface area contributed by atoms with Crippen LogP contribution in [0.15, 0.2) is 36.8 Å². The molecule has 7 nitrogen and oxygen atoms in total. The van der Waals surface area contributed by atoms with Crippen LogP contribution in [0.25, 0.3) is 0 Å². The fourth-order valence-electron chi connectivity index (χ4n) is 7.61. The number of rotatable bonds is 7. The Morgan fingerprint density at radius 3 is 2.43 bits per heavy atom. The number of para-hydroxylation sites is 1. The Balaban J connectivity index is 1.27. The van der Waals surface area contributed by atoms with Crippen LogP contribution in [0, 0.1) is 11.3 Å². The number of nitrogens with one attached hydrogen (secondary N) is 1. The van der Waals surface area contributed by atoms with Gasteiger partial charge in [0.15, 0.2) is 0 Å². The van der Waals surface area contributed by atoms with E-state index in [1.165, 1.54) is 57.8 Å². The monoisotopic (exact) mass is 525 g/mol. The molecule has 0 amide bonds. The van der Waals surface area contributed by atoms with Crippen molar-refractivity contribution in [2.24, 2.45) is 11.3 Å². The molecule has 0 bridgehead atoms. The van der Waals surface area contributed by atoms with Crippen LogP contribution in [-0.2, 0) is 23.3 Å². The van der Waals surface area contributed by atoms with Gasteiger partial charge in [-0.2, -0.15) is 17.0 Å². The Bertz CT molecular complexity index is 1130. The van der Waals surface area contributed by atoms with E-state index in [0.29, 0.717) is 38.1 Å². The van der Waals surface area contributed by atoms with E-state index in [2.05, 4.69) is 33.1 Å². The van der Waals surface area contributed by atoms with Gasteiger partial charge in [-0.1, -0.05) is 56.7 Å². The predicted molar refractivity (Wildman–Crippen MR) is 147 cm³/mol. The fraction of sp³-hybridized carbons (Fsp3) is 0.690. The van der Waals surface area contributed by atoms with Crippen LogP contribution in [-0.4, -0.2) is 52.7 Å². The van der Waals surface area contributed by atoms with Gasteiger partial charge in [0.1, 0.15) is 0 Å². The van der Waals surface area contributed by atoms with E-state index in [9.17, 15) is 8.42 Å². The molecule has 202 valence electrons. The molecule has 2 aliphatic heterocycles. The van der Waals surface area contributed by atoms with Crippen molar-refractivity contribution in [2.75, 3.05) is 24.5 Å². The molecule has 37 heavy (non-hydrogen) atoms. The van der Waals surface area contributed by atoms with Crippen molar-refractivity contribution in [2.45, 2.75) is 96.2 Å². The third kappa shape index (κ3) is 5.34. The molecule has 1 aromatic heterocycles. The standard InChI is InChI=1S/C29H43N5O2S/c35-37(36,32-17-15-29(16-18-32)13-5-6-14-29)33-20-25-9-3-4-10-28(25)34(21-26-19-30-23-31-26)27(22-33)12-11-24-7-1-2-8-24/h3-4,9-10,19,23-24,27H,1-2,5-8,11-18,20-22H2,(H,30,31)/t27-/m1/s1. The number of nitrogens with zero attached hydrogens (tertiary/aromatic N) is 4. The first-order valence-electron chi connectivity index (χ1n) is 14.6. The zero-order valence-corrected chi connectivity index (χ0v) is 23.0. The lowest BCUT2D eigenvalue weighted by atomic mass is 9.78. The lowest BCUT2D eigenvalue weighted by molar-refractivity contribution is 0.153. The number of imidazole rings is 1. The van der Waals surface area contributed by atoms with E-state index < -0.39 is 10.2 Å². The largest absolute Gasteiger partial charge is 0.361 e. The summed E-state index contributed by atoms with van der Waals surface area (Å²) in [6.07, 6.45) is 18.4. The van der Waals surface area contributed by atoms with E-state index in [1.54, 1.807) is 10.6 Å². The summed E-state index contributed by atoms with van der Waals surface area (Å²) >= 11 is 0. The van der Waals surface area contributed by atoms with E-state index in [-0.39, 0.29) is 6.04 Å². The molecule has 2 saturated carbocycles. The predicted octanol–water partition coefficient (Wildman–Crippen LogP) is 5.47. The van der Waals surface area contributed by atoms with Gasteiger partial charge in [-0.05, 0) is 61.5 Å². The molecule has 1 spiro atoms. The summed E-state index contributed by atoms with van der Waals surface area (Å²) in [4.78, 5) is 9.98. The van der Waals surface area contributed by atoms with Crippen molar-refractivity contribution < 1.29 is 8.42 Å². The number of benzene rings is 1. The van der Waals surface area contributed by atoms with Gasteiger partial charge in [-0.25, -0.2) is 4.98 Å². The molecule has 1 aromatic carbocycles. The Hall–Kier alpha value is -1.90. The first-order valence-corrected chi connectivity index (χ1v) is 16.0. The number of fused-ring (bicyclic) bond motifs is 1.